The van der Waals surface area contributed by atoms with Gasteiger partial charge in [-0.2, -0.15) is 0 Å². The standard InChI is InChI=1S/C9H14N2O4/c1-9(2)7(14)11(8(15)10-9)5-3-4-6(12)13/h3-5H2,1-2H3,(H,10,15)(H,12,13). The minimum atomic E-state index is -0.929. The molecule has 0 unspecified atom stereocenters. The Hall–Kier alpha value is -1.59. The zero-order valence-corrected chi connectivity index (χ0v) is 8.74. The number of carbonyl (C=O) groups excluding carboxylic acids is 2. The van der Waals surface area contributed by atoms with E-state index in [-0.39, 0.29) is 25.3 Å². The minimum Gasteiger partial charge on any atom is -0.481 e. The van der Waals surface area contributed by atoms with Crippen LogP contribution in [0.3, 0.4) is 0 Å². The van der Waals surface area contributed by atoms with E-state index in [1.165, 1.54) is 0 Å². The Morgan fingerprint density at radius 2 is 2.07 bits per heavy atom. The first kappa shape index (κ1) is 11.5. The molecule has 6 heteroatoms. The normalized spacial score (nSPS) is 19.2. The Bertz CT molecular complexity index is 311. The van der Waals surface area contributed by atoms with Crippen LogP contribution >= 0.6 is 0 Å². The molecule has 84 valence electrons. The molecule has 1 aliphatic heterocycles. The maximum absolute atomic E-state index is 11.6. The summed E-state index contributed by atoms with van der Waals surface area (Å²) >= 11 is 0. The van der Waals surface area contributed by atoms with E-state index in [1.54, 1.807) is 13.8 Å². The lowest BCUT2D eigenvalue weighted by molar-refractivity contribution is -0.137. The molecule has 1 heterocycles. The van der Waals surface area contributed by atoms with Gasteiger partial charge in [0.1, 0.15) is 5.54 Å². The molecule has 6 nitrogen and oxygen atoms in total. The number of hydrogen-bond acceptors (Lipinski definition) is 3. The van der Waals surface area contributed by atoms with Gasteiger partial charge in [0.25, 0.3) is 5.91 Å². The smallest absolute Gasteiger partial charge is 0.325 e. The molecule has 3 amide bonds. The molecule has 1 aliphatic rings. The van der Waals surface area contributed by atoms with Crippen LogP contribution in [0, 0.1) is 0 Å². The third kappa shape index (κ3) is 2.45. The van der Waals surface area contributed by atoms with Crippen LogP contribution in [-0.4, -0.2) is 40.0 Å². The maximum Gasteiger partial charge on any atom is 0.325 e. The second-order valence-electron chi connectivity index (χ2n) is 4.01. The molecule has 0 aliphatic carbocycles. The van der Waals surface area contributed by atoms with E-state index in [4.69, 9.17) is 5.11 Å². The summed E-state index contributed by atoms with van der Waals surface area (Å²) < 4.78 is 0. The number of rotatable bonds is 4. The summed E-state index contributed by atoms with van der Waals surface area (Å²) in [5, 5.41) is 10.9. The van der Waals surface area contributed by atoms with E-state index >= 15 is 0 Å². The van der Waals surface area contributed by atoms with Gasteiger partial charge in [0.15, 0.2) is 0 Å². The van der Waals surface area contributed by atoms with Gasteiger partial charge < -0.3 is 10.4 Å². The Labute approximate surface area is 87.2 Å². The highest BCUT2D eigenvalue weighted by Crippen LogP contribution is 2.16. The van der Waals surface area contributed by atoms with Crippen LogP contribution < -0.4 is 5.32 Å². The van der Waals surface area contributed by atoms with Gasteiger partial charge in [0.05, 0.1) is 0 Å². The van der Waals surface area contributed by atoms with Gasteiger partial charge in [-0.1, -0.05) is 0 Å². The van der Waals surface area contributed by atoms with Crippen LogP contribution in [0.25, 0.3) is 0 Å². The number of carboxylic acids is 1. The van der Waals surface area contributed by atoms with Gasteiger partial charge in [-0.05, 0) is 20.3 Å². The summed E-state index contributed by atoms with van der Waals surface area (Å²) in [7, 11) is 0. The highest BCUT2D eigenvalue weighted by atomic mass is 16.4. The largest absolute Gasteiger partial charge is 0.481 e. The SMILES string of the molecule is CC1(C)NC(=O)N(CCCC(=O)O)C1=O. The monoisotopic (exact) mass is 214 g/mol. The number of carboxylic acid groups (broad SMARTS) is 1. The van der Waals surface area contributed by atoms with Crippen molar-refractivity contribution in [3.8, 4) is 0 Å². The Kier molecular flexibility index (Phi) is 2.97. The topological polar surface area (TPSA) is 86.7 Å². The van der Waals surface area contributed by atoms with Gasteiger partial charge in [0, 0.05) is 13.0 Å². The Balaban J connectivity index is 2.52. The molecule has 1 saturated heterocycles. The number of imide groups is 1. The average molecular weight is 214 g/mol. The van der Waals surface area contributed by atoms with Crippen molar-refractivity contribution in [1.29, 1.82) is 0 Å². The minimum absolute atomic E-state index is 0.0442. The number of nitrogens with zero attached hydrogens (tertiary/aromatic N) is 1. The molecular formula is C9H14N2O4. The van der Waals surface area contributed by atoms with Gasteiger partial charge in [-0.15, -0.1) is 0 Å². The highest BCUT2D eigenvalue weighted by molar-refractivity contribution is 6.06. The predicted molar refractivity (Wildman–Crippen MR) is 51.2 cm³/mol. The first-order chi connectivity index (χ1) is 6.84. The van der Waals surface area contributed by atoms with Crippen LogP contribution in [0.5, 0.6) is 0 Å². The van der Waals surface area contributed by atoms with E-state index in [0.717, 1.165) is 4.90 Å². The molecule has 0 aromatic carbocycles. The molecule has 1 rings (SSSR count). The predicted octanol–water partition coefficient (Wildman–Crippen LogP) is 0.182. The summed E-state index contributed by atoms with van der Waals surface area (Å²) in [5.41, 5.74) is -0.875. The average Bonchev–Trinajstić information content (AvgIpc) is 2.26. The van der Waals surface area contributed by atoms with Crippen molar-refractivity contribution in [1.82, 2.24) is 10.2 Å². The van der Waals surface area contributed by atoms with Gasteiger partial charge >= 0.3 is 12.0 Å². The molecule has 0 atom stereocenters. The number of amides is 3. The van der Waals surface area contributed by atoms with Gasteiger partial charge in [-0.25, -0.2) is 4.79 Å². The molecule has 0 aromatic heterocycles. The van der Waals surface area contributed by atoms with Crippen molar-refractivity contribution in [3.63, 3.8) is 0 Å². The Morgan fingerprint density at radius 3 is 2.47 bits per heavy atom. The fraction of sp³-hybridized carbons (Fsp3) is 0.667. The van der Waals surface area contributed by atoms with E-state index in [2.05, 4.69) is 5.32 Å². The second-order valence-corrected chi connectivity index (χ2v) is 4.01. The highest BCUT2D eigenvalue weighted by Gasteiger charge is 2.43. The van der Waals surface area contributed by atoms with Crippen LogP contribution in [0.15, 0.2) is 0 Å². The first-order valence-corrected chi connectivity index (χ1v) is 4.70. The molecule has 0 saturated carbocycles. The van der Waals surface area contributed by atoms with E-state index < -0.39 is 17.5 Å². The molecular weight excluding hydrogens is 200 g/mol. The zero-order chi connectivity index (χ0) is 11.6. The third-order valence-electron chi connectivity index (χ3n) is 2.22. The van der Waals surface area contributed by atoms with Crippen molar-refractivity contribution in [3.05, 3.63) is 0 Å². The van der Waals surface area contributed by atoms with E-state index in [1.807, 2.05) is 0 Å². The number of nitrogens with one attached hydrogen (secondary N) is 1. The summed E-state index contributed by atoms with van der Waals surface area (Å²) in [6, 6.07) is -0.449. The molecule has 0 bridgehead atoms. The van der Waals surface area contributed by atoms with Crippen molar-refractivity contribution in [2.24, 2.45) is 0 Å². The van der Waals surface area contributed by atoms with Crippen molar-refractivity contribution in [2.45, 2.75) is 32.2 Å². The Morgan fingerprint density at radius 1 is 1.47 bits per heavy atom. The number of hydrogen-bond donors (Lipinski definition) is 2. The molecule has 0 aromatic rings. The summed E-state index contributed by atoms with van der Waals surface area (Å²) in [4.78, 5) is 34.2. The lowest BCUT2D eigenvalue weighted by Gasteiger charge is -2.15. The summed E-state index contributed by atoms with van der Waals surface area (Å²) in [5.74, 6) is -1.24. The van der Waals surface area contributed by atoms with Crippen LogP contribution in [0.2, 0.25) is 0 Å². The number of urea groups is 1. The molecule has 15 heavy (non-hydrogen) atoms. The zero-order valence-electron chi connectivity index (χ0n) is 8.74. The molecule has 1 fully saturated rings. The van der Waals surface area contributed by atoms with Crippen molar-refractivity contribution >= 4 is 17.9 Å². The van der Waals surface area contributed by atoms with Crippen LogP contribution in [0.4, 0.5) is 4.79 Å². The van der Waals surface area contributed by atoms with E-state index in [9.17, 15) is 14.4 Å². The van der Waals surface area contributed by atoms with E-state index in [0.29, 0.717) is 0 Å². The summed E-state index contributed by atoms with van der Waals surface area (Å²) in [6.45, 7) is 3.38. The first-order valence-electron chi connectivity index (χ1n) is 4.70. The van der Waals surface area contributed by atoms with Gasteiger partial charge in [-0.3, -0.25) is 14.5 Å². The maximum atomic E-state index is 11.6. The van der Waals surface area contributed by atoms with Gasteiger partial charge in [0.2, 0.25) is 0 Å². The third-order valence-corrected chi connectivity index (χ3v) is 2.22. The lowest BCUT2D eigenvalue weighted by atomic mass is 10.1. The molecule has 0 radical (unpaired) electrons. The lowest BCUT2D eigenvalue weighted by Crippen LogP contribution is -2.40. The second kappa shape index (κ2) is 3.88. The fourth-order valence-corrected chi connectivity index (χ4v) is 1.41. The van der Waals surface area contributed by atoms with Crippen LogP contribution in [0.1, 0.15) is 26.7 Å². The molecule has 2 N–H and O–H groups in total. The van der Waals surface area contributed by atoms with Crippen molar-refractivity contribution in [2.75, 3.05) is 6.54 Å². The number of carbonyl (C=O) groups is 3. The van der Waals surface area contributed by atoms with Crippen molar-refractivity contribution < 1.29 is 19.5 Å². The summed E-state index contributed by atoms with van der Waals surface area (Å²) in [6.07, 6.45) is 0.238. The van der Waals surface area contributed by atoms with Crippen LogP contribution in [-0.2, 0) is 9.59 Å². The molecule has 0 spiro atoms. The number of aliphatic carboxylic acids is 1. The fourth-order valence-electron chi connectivity index (χ4n) is 1.41. The quantitative estimate of drug-likeness (QED) is 0.653.